The Bertz CT molecular complexity index is 1260. The number of carbonyl (C=O) groups is 2. The number of nitrogens with one attached hydrogen (secondary N) is 3. The first kappa shape index (κ1) is 36.0. The van der Waals surface area contributed by atoms with Gasteiger partial charge in [-0.2, -0.15) is 0 Å². The zero-order chi connectivity index (χ0) is 32.0. The number of carbonyl (C=O) groups excluding carboxylic acids is 2. The molecule has 0 aliphatic heterocycles. The van der Waals surface area contributed by atoms with Crippen molar-refractivity contribution in [2.24, 2.45) is 0 Å². The van der Waals surface area contributed by atoms with Crippen molar-refractivity contribution in [2.45, 2.75) is 70.5 Å². The number of sulfonamides is 1. The van der Waals surface area contributed by atoms with Gasteiger partial charge >= 0.3 is 12.0 Å². The number of nitrogens with zero attached hydrogens (tertiary/aromatic N) is 1. The number of urea groups is 1. The second-order valence-electron chi connectivity index (χ2n) is 10.9. The molecular formula is C30H46N4O8S. The highest BCUT2D eigenvalue weighted by molar-refractivity contribution is 7.89. The first-order chi connectivity index (χ1) is 20.2. The number of rotatable bonds is 17. The van der Waals surface area contributed by atoms with E-state index in [1.54, 1.807) is 34.6 Å². The molecule has 3 N–H and O–H groups in total. The van der Waals surface area contributed by atoms with Crippen LogP contribution < -0.4 is 20.1 Å². The molecule has 0 heterocycles. The van der Waals surface area contributed by atoms with Crippen LogP contribution in [0.25, 0.3) is 0 Å². The van der Waals surface area contributed by atoms with E-state index in [1.165, 1.54) is 18.2 Å². The number of likely N-dealkylation sites (N-methyl/N-ethyl adjacent to an activating group) is 1. The van der Waals surface area contributed by atoms with Crippen molar-refractivity contribution in [2.75, 3.05) is 45.7 Å². The average Bonchev–Trinajstić information content (AvgIpc) is 2.90. The van der Waals surface area contributed by atoms with E-state index in [0.29, 0.717) is 18.8 Å². The molecule has 12 nitrogen and oxygen atoms in total. The first-order valence-electron chi connectivity index (χ1n) is 14.2. The fourth-order valence-corrected chi connectivity index (χ4v) is 5.20. The Morgan fingerprint density at radius 2 is 1.63 bits per heavy atom. The molecular weight excluding hydrogens is 576 g/mol. The molecule has 0 aliphatic rings. The average molecular weight is 623 g/mol. The summed E-state index contributed by atoms with van der Waals surface area (Å²) in [7, 11) is -0.521. The summed E-state index contributed by atoms with van der Waals surface area (Å²) in [6.07, 6.45) is -1.40. The molecule has 0 fully saturated rings. The largest absolute Gasteiger partial charge is 0.487 e. The van der Waals surface area contributed by atoms with Crippen molar-refractivity contribution in [3.63, 3.8) is 0 Å². The molecule has 0 spiro atoms. The van der Waals surface area contributed by atoms with Crippen molar-refractivity contribution in [1.82, 2.24) is 14.9 Å². The highest BCUT2D eigenvalue weighted by Gasteiger charge is 2.33. The Labute approximate surface area is 255 Å². The molecule has 2 aromatic rings. The van der Waals surface area contributed by atoms with Crippen molar-refractivity contribution in [1.29, 1.82) is 0 Å². The van der Waals surface area contributed by atoms with Gasteiger partial charge in [0.1, 0.15) is 22.9 Å². The van der Waals surface area contributed by atoms with E-state index in [-0.39, 0.29) is 36.9 Å². The van der Waals surface area contributed by atoms with Crippen LogP contribution in [0.2, 0.25) is 0 Å². The molecule has 2 amide bonds. The van der Waals surface area contributed by atoms with E-state index >= 15 is 0 Å². The molecule has 0 saturated heterocycles. The maximum atomic E-state index is 13.8. The molecule has 13 heteroatoms. The van der Waals surface area contributed by atoms with Crippen molar-refractivity contribution in [3.05, 3.63) is 54.1 Å². The molecule has 0 aliphatic carbocycles. The third-order valence-corrected chi connectivity index (χ3v) is 7.21. The van der Waals surface area contributed by atoms with Crippen LogP contribution >= 0.6 is 0 Å². The molecule has 0 radical (unpaired) electrons. The van der Waals surface area contributed by atoms with Gasteiger partial charge in [0.15, 0.2) is 6.29 Å². The molecule has 0 aromatic heterocycles. The Kier molecular flexibility index (Phi) is 14.4. The summed E-state index contributed by atoms with van der Waals surface area (Å²) in [5.41, 5.74) is 0.373. The summed E-state index contributed by atoms with van der Waals surface area (Å²) < 4.78 is 53.0. The molecule has 240 valence electrons. The summed E-state index contributed by atoms with van der Waals surface area (Å²) in [6, 6.07) is 11.9. The van der Waals surface area contributed by atoms with Crippen LogP contribution in [0.5, 0.6) is 5.75 Å². The molecule has 43 heavy (non-hydrogen) atoms. The number of benzene rings is 2. The third kappa shape index (κ3) is 13.3. The SMILES string of the molecule is CCOC(OCC)[C@H](CC(=O)OC(C)(C)C)NS(=O)(=O)c1ccc(NC(=O)NCCN(C)C)cc1OCc1ccccc1. The number of hydrogen-bond acceptors (Lipinski definition) is 9. The zero-order valence-corrected chi connectivity index (χ0v) is 27.0. The molecule has 1 atom stereocenters. The summed E-state index contributed by atoms with van der Waals surface area (Å²) in [5, 5.41) is 5.45. The molecule has 2 rings (SSSR count). The number of ether oxygens (including phenoxy) is 4. The highest BCUT2D eigenvalue weighted by Crippen LogP contribution is 2.29. The van der Waals surface area contributed by atoms with E-state index < -0.39 is 40.0 Å². The zero-order valence-electron chi connectivity index (χ0n) is 26.1. The van der Waals surface area contributed by atoms with Gasteiger partial charge in [-0.1, -0.05) is 30.3 Å². The predicted molar refractivity (Wildman–Crippen MR) is 164 cm³/mol. The molecule has 0 saturated carbocycles. The topological polar surface area (TPSA) is 145 Å². The number of amides is 2. The first-order valence-corrected chi connectivity index (χ1v) is 15.7. The van der Waals surface area contributed by atoms with Gasteiger partial charge < -0.3 is 34.5 Å². The predicted octanol–water partition coefficient (Wildman–Crippen LogP) is 3.73. The number of hydrogen-bond donors (Lipinski definition) is 3. The Balaban J connectivity index is 2.41. The Hall–Kier alpha value is -3.23. The van der Waals surface area contributed by atoms with Gasteiger partial charge in [-0.05, 0) is 66.4 Å². The van der Waals surface area contributed by atoms with Crippen molar-refractivity contribution >= 4 is 27.7 Å². The lowest BCUT2D eigenvalue weighted by atomic mass is 10.1. The van der Waals surface area contributed by atoms with Crippen LogP contribution in [0.3, 0.4) is 0 Å². The summed E-state index contributed by atoms with van der Waals surface area (Å²) in [4.78, 5) is 26.9. The Morgan fingerprint density at radius 1 is 0.977 bits per heavy atom. The standard InChI is InChI=1S/C30H46N4O8S/c1-8-39-28(40-9-2)24(20-27(35)42-30(3,4)5)33-43(37,38)26-16-15-23(32-29(36)31-17-18-34(6)7)19-25(26)41-21-22-13-11-10-12-14-22/h10-16,19,24,28,33H,8-9,17-18,20-21H2,1-7H3,(H2,31,32,36)/t24-/m0/s1. The quantitative estimate of drug-likeness (QED) is 0.178. The van der Waals surface area contributed by atoms with Gasteiger partial charge in [0.25, 0.3) is 0 Å². The fraction of sp³-hybridized carbons (Fsp3) is 0.533. The maximum Gasteiger partial charge on any atom is 0.319 e. The van der Waals surface area contributed by atoms with Crippen LogP contribution in [-0.4, -0.2) is 83.6 Å². The van der Waals surface area contributed by atoms with Gasteiger partial charge in [-0.15, -0.1) is 0 Å². The van der Waals surface area contributed by atoms with Crippen LogP contribution in [0.4, 0.5) is 10.5 Å². The minimum Gasteiger partial charge on any atom is -0.487 e. The van der Waals surface area contributed by atoms with Crippen LogP contribution in [0, 0.1) is 0 Å². The van der Waals surface area contributed by atoms with E-state index in [1.807, 2.05) is 49.3 Å². The summed E-state index contributed by atoms with van der Waals surface area (Å²) in [5.74, 6) is -0.618. The van der Waals surface area contributed by atoms with E-state index in [0.717, 1.165) is 5.56 Å². The fourth-order valence-electron chi connectivity index (χ4n) is 3.85. The number of esters is 1. The smallest absolute Gasteiger partial charge is 0.319 e. The minimum atomic E-state index is -4.31. The number of anilines is 1. The van der Waals surface area contributed by atoms with Crippen LogP contribution in [0.15, 0.2) is 53.4 Å². The summed E-state index contributed by atoms with van der Waals surface area (Å²) in [6.45, 7) is 10.2. The van der Waals surface area contributed by atoms with Crippen LogP contribution in [-0.2, 0) is 35.6 Å². The van der Waals surface area contributed by atoms with Gasteiger partial charge in [-0.25, -0.2) is 17.9 Å². The Morgan fingerprint density at radius 3 is 2.21 bits per heavy atom. The van der Waals surface area contributed by atoms with E-state index in [9.17, 15) is 18.0 Å². The molecule has 2 aromatic carbocycles. The highest BCUT2D eigenvalue weighted by atomic mass is 32.2. The van der Waals surface area contributed by atoms with E-state index in [2.05, 4.69) is 15.4 Å². The minimum absolute atomic E-state index is 0.00262. The van der Waals surface area contributed by atoms with Gasteiger partial charge in [0, 0.05) is 38.1 Å². The third-order valence-electron chi connectivity index (χ3n) is 5.68. The lowest BCUT2D eigenvalue weighted by Crippen LogP contribution is -2.47. The summed E-state index contributed by atoms with van der Waals surface area (Å²) >= 11 is 0. The molecule has 0 bridgehead atoms. The van der Waals surface area contributed by atoms with Gasteiger partial charge in [0.05, 0.1) is 12.5 Å². The van der Waals surface area contributed by atoms with Crippen molar-refractivity contribution in [3.8, 4) is 5.75 Å². The van der Waals surface area contributed by atoms with Gasteiger partial charge in [-0.3, -0.25) is 4.79 Å². The molecule has 0 unspecified atom stereocenters. The normalized spacial score (nSPS) is 12.7. The van der Waals surface area contributed by atoms with Crippen LogP contribution in [0.1, 0.15) is 46.6 Å². The second-order valence-corrected chi connectivity index (χ2v) is 12.6. The second kappa shape index (κ2) is 17.2. The van der Waals surface area contributed by atoms with Crippen molar-refractivity contribution < 1.29 is 37.0 Å². The monoisotopic (exact) mass is 622 g/mol. The maximum absolute atomic E-state index is 13.8. The lowest BCUT2D eigenvalue weighted by molar-refractivity contribution is -0.169. The van der Waals surface area contributed by atoms with E-state index in [4.69, 9.17) is 18.9 Å². The van der Waals surface area contributed by atoms with Gasteiger partial charge in [0.2, 0.25) is 10.0 Å². The lowest BCUT2D eigenvalue weighted by Gasteiger charge is -2.28.